The van der Waals surface area contributed by atoms with Gasteiger partial charge in [0.15, 0.2) is 0 Å². The van der Waals surface area contributed by atoms with Gasteiger partial charge >= 0.3 is 6.03 Å². The molecule has 0 aromatic rings. The van der Waals surface area contributed by atoms with Crippen molar-refractivity contribution in [3.05, 3.63) is 0 Å². The molecule has 98 valence electrons. The topological polar surface area (TPSA) is 58.7 Å². The Morgan fingerprint density at radius 1 is 1.24 bits per heavy atom. The second-order valence-electron chi connectivity index (χ2n) is 5.75. The SMILES string of the molecule is CCN1C(=O)N=C(N)C1(CC(C)C)CC(C)C. The van der Waals surface area contributed by atoms with Crippen LogP contribution in [0.3, 0.4) is 0 Å². The van der Waals surface area contributed by atoms with Gasteiger partial charge in [0.2, 0.25) is 0 Å². The van der Waals surface area contributed by atoms with Crippen LogP contribution in [0.25, 0.3) is 0 Å². The molecule has 2 amide bonds. The van der Waals surface area contributed by atoms with Gasteiger partial charge in [-0.3, -0.25) is 0 Å². The summed E-state index contributed by atoms with van der Waals surface area (Å²) in [5.41, 5.74) is 5.70. The zero-order valence-corrected chi connectivity index (χ0v) is 11.7. The van der Waals surface area contributed by atoms with Gasteiger partial charge in [-0.25, -0.2) is 4.79 Å². The van der Waals surface area contributed by atoms with E-state index in [2.05, 4.69) is 32.7 Å². The van der Waals surface area contributed by atoms with Gasteiger partial charge < -0.3 is 10.6 Å². The fourth-order valence-electron chi connectivity index (χ4n) is 2.89. The molecule has 0 spiro atoms. The van der Waals surface area contributed by atoms with Gasteiger partial charge in [-0.1, -0.05) is 27.7 Å². The van der Waals surface area contributed by atoms with E-state index < -0.39 is 0 Å². The molecular formula is C13H25N3O. The highest BCUT2D eigenvalue weighted by molar-refractivity contribution is 6.05. The fraction of sp³-hybridized carbons (Fsp3) is 0.846. The summed E-state index contributed by atoms with van der Waals surface area (Å²) in [6.07, 6.45) is 1.78. The minimum Gasteiger partial charge on any atom is -0.385 e. The van der Waals surface area contributed by atoms with Crippen molar-refractivity contribution in [2.45, 2.75) is 53.0 Å². The minimum absolute atomic E-state index is 0.175. The third-order valence-electron chi connectivity index (χ3n) is 3.25. The van der Waals surface area contributed by atoms with Crippen molar-refractivity contribution in [1.29, 1.82) is 0 Å². The summed E-state index contributed by atoms with van der Waals surface area (Å²) >= 11 is 0. The lowest BCUT2D eigenvalue weighted by Crippen LogP contribution is -2.55. The van der Waals surface area contributed by atoms with Crippen LogP contribution < -0.4 is 5.73 Å². The van der Waals surface area contributed by atoms with Crippen molar-refractivity contribution >= 4 is 11.9 Å². The van der Waals surface area contributed by atoms with Crippen molar-refractivity contribution in [3.8, 4) is 0 Å². The highest BCUT2D eigenvalue weighted by Crippen LogP contribution is 2.35. The Morgan fingerprint density at radius 3 is 2.06 bits per heavy atom. The smallest absolute Gasteiger partial charge is 0.346 e. The molecule has 1 rings (SSSR count). The van der Waals surface area contributed by atoms with E-state index in [4.69, 9.17) is 5.73 Å². The summed E-state index contributed by atoms with van der Waals surface area (Å²) in [5.74, 6) is 1.48. The second kappa shape index (κ2) is 5.07. The summed E-state index contributed by atoms with van der Waals surface area (Å²) < 4.78 is 0. The van der Waals surface area contributed by atoms with Crippen LogP contribution in [0.2, 0.25) is 0 Å². The third kappa shape index (κ3) is 2.61. The molecule has 0 fully saturated rings. The fourth-order valence-corrected chi connectivity index (χ4v) is 2.89. The maximum absolute atomic E-state index is 11.9. The molecule has 1 heterocycles. The van der Waals surface area contributed by atoms with Gasteiger partial charge in [0.1, 0.15) is 11.4 Å². The van der Waals surface area contributed by atoms with Crippen molar-refractivity contribution in [3.63, 3.8) is 0 Å². The molecular weight excluding hydrogens is 214 g/mol. The zero-order chi connectivity index (χ0) is 13.2. The predicted molar refractivity (Wildman–Crippen MR) is 71.0 cm³/mol. The Hall–Kier alpha value is -1.06. The average molecular weight is 239 g/mol. The molecule has 0 unspecified atom stereocenters. The highest BCUT2D eigenvalue weighted by atomic mass is 16.2. The Balaban J connectivity index is 3.10. The maximum atomic E-state index is 11.9. The first kappa shape index (κ1) is 14.0. The molecule has 0 atom stereocenters. The summed E-state index contributed by atoms with van der Waals surface area (Å²) in [4.78, 5) is 17.7. The number of carbonyl (C=O) groups is 1. The highest BCUT2D eigenvalue weighted by Gasteiger charge is 2.47. The summed E-state index contributed by atoms with van der Waals surface area (Å²) in [6.45, 7) is 11.3. The zero-order valence-electron chi connectivity index (χ0n) is 11.7. The summed E-state index contributed by atoms with van der Waals surface area (Å²) in [5, 5.41) is 0. The van der Waals surface area contributed by atoms with Gasteiger partial charge in [0.05, 0.1) is 0 Å². The van der Waals surface area contributed by atoms with Crippen molar-refractivity contribution in [2.75, 3.05) is 6.54 Å². The Labute approximate surface area is 104 Å². The number of urea groups is 1. The lowest BCUT2D eigenvalue weighted by atomic mass is 9.80. The number of hydrogen-bond acceptors (Lipinski definition) is 2. The van der Waals surface area contributed by atoms with E-state index in [1.54, 1.807) is 0 Å². The van der Waals surface area contributed by atoms with E-state index >= 15 is 0 Å². The molecule has 4 nitrogen and oxygen atoms in total. The first-order valence-corrected chi connectivity index (χ1v) is 6.49. The van der Waals surface area contributed by atoms with Gasteiger partial charge in [-0.2, -0.15) is 4.99 Å². The molecule has 0 saturated heterocycles. The summed E-state index contributed by atoms with van der Waals surface area (Å²) in [7, 11) is 0. The number of aliphatic imine (C=N–C) groups is 1. The monoisotopic (exact) mass is 239 g/mol. The maximum Gasteiger partial charge on any atom is 0.346 e. The Bertz CT molecular complexity index is 311. The van der Waals surface area contributed by atoms with Gasteiger partial charge in [0, 0.05) is 6.54 Å². The predicted octanol–water partition coefficient (Wildman–Crippen LogP) is 2.63. The lowest BCUT2D eigenvalue weighted by Gasteiger charge is -2.40. The number of carbonyl (C=O) groups excluding carboxylic acids is 1. The molecule has 1 aliphatic rings. The van der Waals surface area contributed by atoms with Crippen LogP contribution in [0.4, 0.5) is 4.79 Å². The van der Waals surface area contributed by atoms with Crippen LogP contribution in [-0.4, -0.2) is 28.9 Å². The normalized spacial score (nSPS) is 19.4. The molecule has 0 saturated carbocycles. The number of rotatable bonds is 5. The largest absolute Gasteiger partial charge is 0.385 e. The molecule has 17 heavy (non-hydrogen) atoms. The van der Waals surface area contributed by atoms with Crippen LogP contribution in [0.1, 0.15) is 47.5 Å². The quantitative estimate of drug-likeness (QED) is 0.801. The number of hydrogen-bond donors (Lipinski definition) is 1. The van der Waals surface area contributed by atoms with E-state index in [0.717, 1.165) is 12.8 Å². The second-order valence-corrected chi connectivity index (χ2v) is 5.75. The molecule has 0 radical (unpaired) electrons. The van der Waals surface area contributed by atoms with Gasteiger partial charge in [0.25, 0.3) is 0 Å². The molecule has 0 bridgehead atoms. The third-order valence-corrected chi connectivity index (χ3v) is 3.25. The van der Waals surface area contributed by atoms with Crippen molar-refractivity contribution < 1.29 is 4.79 Å². The minimum atomic E-state index is -0.353. The van der Waals surface area contributed by atoms with Crippen LogP contribution in [-0.2, 0) is 0 Å². The van der Waals surface area contributed by atoms with Crippen molar-refractivity contribution in [2.24, 2.45) is 22.6 Å². The van der Waals surface area contributed by atoms with Gasteiger partial charge in [-0.15, -0.1) is 0 Å². The van der Waals surface area contributed by atoms with Gasteiger partial charge in [-0.05, 0) is 31.6 Å². The van der Waals surface area contributed by atoms with E-state index in [1.807, 2.05) is 11.8 Å². The number of nitrogens with two attached hydrogens (primary N) is 1. The molecule has 0 aromatic heterocycles. The Morgan fingerprint density at radius 2 is 1.71 bits per heavy atom. The molecule has 2 N–H and O–H groups in total. The molecule has 0 aliphatic carbocycles. The van der Waals surface area contributed by atoms with Crippen LogP contribution in [0.15, 0.2) is 4.99 Å². The van der Waals surface area contributed by atoms with Crippen LogP contribution in [0.5, 0.6) is 0 Å². The summed E-state index contributed by atoms with van der Waals surface area (Å²) in [6, 6.07) is -0.175. The first-order valence-electron chi connectivity index (χ1n) is 6.49. The van der Waals surface area contributed by atoms with E-state index in [1.165, 1.54) is 0 Å². The van der Waals surface area contributed by atoms with Crippen LogP contribution >= 0.6 is 0 Å². The number of amidine groups is 1. The molecule has 0 aromatic carbocycles. The van der Waals surface area contributed by atoms with E-state index in [9.17, 15) is 4.79 Å². The number of likely N-dealkylation sites (N-methyl/N-ethyl adjacent to an activating group) is 1. The lowest BCUT2D eigenvalue weighted by molar-refractivity contribution is 0.144. The van der Waals surface area contributed by atoms with E-state index in [-0.39, 0.29) is 11.6 Å². The first-order chi connectivity index (χ1) is 7.83. The standard InChI is InChI=1S/C13H25N3O/c1-6-16-12(17)15-11(14)13(16,7-9(2)3)8-10(4)5/h9-10H,6-8H2,1-5H3,(H2,14,15,17). The average Bonchev–Trinajstić information content (AvgIpc) is 2.35. The number of amides is 2. The van der Waals surface area contributed by atoms with Crippen molar-refractivity contribution in [1.82, 2.24) is 4.90 Å². The Kier molecular flexibility index (Phi) is 4.17. The molecule has 1 aliphatic heterocycles. The molecule has 4 heteroatoms. The van der Waals surface area contributed by atoms with Crippen LogP contribution in [0, 0.1) is 11.8 Å². The number of nitrogens with zero attached hydrogens (tertiary/aromatic N) is 2. The van der Waals surface area contributed by atoms with E-state index in [0.29, 0.717) is 24.2 Å².